The monoisotopic (exact) mass is 255 g/mol. The van der Waals surface area contributed by atoms with Crippen LogP contribution in [0.25, 0.3) is 6.08 Å². The van der Waals surface area contributed by atoms with Crippen LogP contribution in [0.2, 0.25) is 0 Å². The zero-order chi connectivity index (χ0) is 13.8. The molecule has 0 bridgehead atoms. The highest BCUT2D eigenvalue weighted by Crippen LogP contribution is 2.13. The molecular formula is C15H17N3O. The third-order valence-electron chi connectivity index (χ3n) is 2.83. The molecule has 0 saturated carbocycles. The van der Waals surface area contributed by atoms with Gasteiger partial charge in [0, 0.05) is 33.0 Å². The number of benzene rings is 1. The Morgan fingerprint density at radius 1 is 1.26 bits per heavy atom. The molecule has 0 spiro atoms. The second kappa shape index (κ2) is 5.52. The van der Waals surface area contributed by atoms with Gasteiger partial charge in [-0.3, -0.25) is 9.48 Å². The highest BCUT2D eigenvalue weighted by Gasteiger charge is 2.03. The Balaban J connectivity index is 2.08. The van der Waals surface area contributed by atoms with Crippen molar-refractivity contribution in [1.29, 1.82) is 0 Å². The van der Waals surface area contributed by atoms with Crippen LogP contribution in [0.1, 0.15) is 15.9 Å². The number of aromatic nitrogens is 2. The van der Waals surface area contributed by atoms with Crippen LogP contribution in [0.5, 0.6) is 0 Å². The largest absolute Gasteiger partial charge is 0.378 e. The zero-order valence-corrected chi connectivity index (χ0v) is 11.4. The normalized spacial score (nSPS) is 10.9. The molecule has 0 unspecified atom stereocenters. The van der Waals surface area contributed by atoms with E-state index in [0.29, 0.717) is 5.56 Å². The molecule has 0 atom stereocenters. The number of hydrogen-bond acceptors (Lipinski definition) is 3. The molecule has 98 valence electrons. The predicted molar refractivity (Wildman–Crippen MR) is 77.3 cm³/mol. The first kappa shape index (κ1) is 13.1. The van der Waals surface area contributed by atoms with Crippen LogP contribution < -0.4 is 4.90 Å². The maximum atomic E-state index is 11.9. The van der Waals surface area contributed by atoms with Gasteiger partial charge in [-0.2, -0.15) is 5.10 Å². The molecule has 0 fully saturated rings. The van der Waals surface area contributed by atoms with Crippen molar-refractivity contribution in [2.24, 2.45) is 7.05 Å². The summed E-state index contributed by atoms with van der Waals surface area (Å²) in [5.41, 5.74) is 2.74. The van der Waals surface area contributed by atoms with Crippen molar-refractivity contribution in [1.82, 2.24) is 9.78 Å². The number of rotatable bonds is 4. The fraction of sp³-hybridized carbons (Fsp3) is 0.200. The van der Waals surface area contributed by atoms with Gasteiger partial charge in [-0.1, -0.05) is 18.2 Å². The summed E-state index contributed by atoms with van der Waals surface area (Å²) in [6, 6.07) is 8.02. The summed E-state index contributed by atoms with van der Waals surface area (Å²) in [5, 5.41) is 3.98. The highest BCUT2D eigenvalue weighted by atomic mass is 16.1. The van der Waals surface area contributed by atoms with Crippen molar-refractivity contribution in [3.63, 3.8) is 0 Å². The Labute approximate surface area is 113 Å². The van der Waals surface area contributed by atoms with Crippen molar-refractivity contribution in [3.8, 4) is 0 Å². The Morgan fingerprint density at radius 3 is 2.47 bits per heavy atom. The molecule has 2 rings (SSSR count). The summed E-state index contributed by atoms with van der Waals surface area (Å²) in [4.78, 5) is 13.9. The Morgan fingerprint density at radius 2 is 1.95 bits per heavy atom. The first-order valence-electron chi connectivity index (χ1n) is 6.05. The van der Waals surface area contributed by atoms with E-state index in [4.69, 9.17) is 0 Å². The molecule has 0 amide bonds. The molecule has 4 heteroatoms. The maximum Gasteiger partial charge on any atom is 0.189 e. The summed E-state index contributed by atoms with van der Waals surface area (Å²) in [6.45, 7) is 0. The van der Waals surface area contributed by atoms with E-state index in [0.717, 1.165) is 11.3 Å². The van der Waals surface area contributed by atoms with Crippen LogP contribution >= 0.6 is 0 Å². The van der Waals surface area contributed by atoms with Gasteiger partial charge in [-0.05, 0) is 23.8 Å². The minimum absolute atomic E-state index is 0.0372. The lowest BCUT2D eigenvalue weighted by Crippen LogP contribution is -2.07. The number of ketones is 1. The molecule has 0 aliphatic carbocycles. The van der Waals surface area contributed by atoms with Crippen LogP contribution in [0, 0.1) is 0 Å². The number of allylic oxidation sites excluding steroid dienone is 1. The first-order valence-corrected chi connectivity index (χ1v) is 6.05. The average Bonchev–Trinajstić information content (AvgIpc) is 2.83. The second-order valence-corrected chi connectivity index (χ2v) is 4.59. The molecule has 0 saturated heterocycles. The molecule has 4 nitrogen and oxygen atoms in total. The zero-order valence-electron chi connectivity index (χ0n) is 11.4. The van der Waals surface area contributed by atoms with Gasteiger partial charge < -0.3 is 4.90 Å². The van der Waals surface area contributed by atoms with Crippen molar-refractivity contribution < 1.29 is 4.79 Å². The van der Waals surface area contributed by atoms with E-state index in [2.05, 4.69) is 5.10 Å². The molecule has 0 aliphatic rings. The third kappa shape index (κ3) is 3.31. The van der Waals surface area contributed by atoms with Gasteiger partial charge in [-0.15, -0.1) is 0 Å². The lowest BCUT2D eigenvalue weighted by atomic mass is 10.1. The van der Waals surface area contributed by atoms with Crippen molar-refractivity contribution in [3.05, 3.63) is 53.9 Å². The van der Waals surface area contributed by atoms with E-state index in [9.17, 15) is 4.79 Å². The molecule has 1 aromatic heterocycles. The maximum absolute atomic E-state index is 11.9. The van der Waals surface area contributed by atoms with Crippen molar-refractivity contribution in [2.45, 2.75) is 0 Å². The summed E-state index contributed by atoms with van der Waals surface area (Å²) in [6.07, 6.45) is 6.67. The lowest BCUT2D eigenvalue weighted by molar-refractivity contribution is 0.104. The number of nitrogens with zero attached hydrogens (tertiary/aromatic N) is 3. The molecule has 0 N–H and O–H groups in total. The fourth-order valence-electron chi connectivity index (χ4n) is 1.70. The lowest BCUT2D eigenvalue weighted by Gasteiger charge is -2.11. The Kier molecular flexibility index (Phi) is 3.80. The van der Waals surface area contributed by atoms with Crippen LogP contribution in [-0.4, -0.2) is 29.7 Å². The van der Waals surface area contributed by atoms with Gasteiger partial charge in [0.2, 0.25) is 0 Å². The quantitative estimate of drug-likeness (QED) is 0.622. The smallest absolute Gasteiger partial charge is 0.189 e. The minimum Gasteiger partial charge on any atom is -0.378 e. The van der Waals surface area contributed by atoms with Gasteiger partial charge in [0.15, 0.2) is 5.78 Å². The van der Waals surface area contributed by atoms with E-state index >= 15 is 0 Å². The Bertz CT molecular complexity index is 594. The van der Waals surface area contributed by atoms with E-state index in [-0.39, 0.29) is 5.78 Å². The number of hydrogen-bond donors (Lipinski definition) is 0. The molecule has 1 heterocycles. The molecule has 0 radical (unpaired) electrons. The van der Waals surface area contributed by atoms with E-state index < -0.39 is 0 Å². The standard InChI is InChI=1S/C15H17N3O/c1-17(2)14-7-4-12(5-8-14)6-9-15(19)13-10-16-18(3)11-13/h4-11H,1-3H3. The highest BCUT2D eigenvalue weighted by molar-refractivity contribution is 6.06. The topological polar surface area (TPSA) is 38.1 Å². The molecule has 19 heavy (non-hydrogen) atoms. The predicted octanol–water partition coefficient (Wildman–Crippen LogP) is 2.38. The summed E-state index contributed by atoms with van der Waals surface area (Å²) in [5.74, 6) is -0.0372. The third-order valence-corrected chi connectivity index (χ3v) is 2.83. The summed E-state index contributed by atoms with van der Waals surface area (Å²) in [7, 11) is 5.79. The fourth-order valence-corrected chi connectivity index (χ4v) is 1.70. The van der Waals surface area contributed by atoms with Crippen LogP contribution in [-0.2, 0) is 7.05 Å². The molecule has 1 aromatic carbocycles. The number of carbonyl (C=O) groups excluding carboxylic acids is 1. The van der Waals surface area contributed by atoms with Crippen LogP contribution in [0.4, 0.5) is 5.69 Å². The molecule has 2 aromatic rings. The van der Waals surface area contributed by atoms with Crippen LogP contribution in [0.15, 0.2) is 42.7 Å². The van der Waals surface area contributed by atoms with E-state index in [1.54, 1.807) is 30.2 Å². The molecular weight excluding hydrogens is 238 g/mol. The Hall–Kier alpha value is -2.36. The van der Waals surface area contributed by atoms with Gasteiger partial charge in [-0.25, -0.2) is 0 Å². The van der Waals surface area contributed by atoms with Crippen molar-refractivity contribution >= 4 is 17.5 Å². The second-order valence-electron chi connectivity index (χ2n) is 4.59. The van der Waals surface area contributed by atoms with Gasteiger partial charge >= 0.3 is 0 Å². The van der Waals surface area contributed by atoms with Gasteiger partial charge in [0.1, 0.15) is 0 Å². The minimum atomic E-state index is -0.0372. The number of anilines is 1. The molecule has 0 aliphatic heterocycles. The summed E-state index contributed by atoms with van der Waals surface area (Å²) < 4.78 is 1.62. The first-order chi connectivity index (χ1) is 9.06. The van der Waals surface area contributed by atoms with Crippen molar-refractivity contribution in [2.75, 3.05) is 19.0 Å². The van der Waals surface area contributed by atoms with Gasteiger partial charge in [0.25, 0.3) is 0 Å². The number of carbonyl (C=O) groups is 1. The SMILES string of the molecule is CN(C)c1ccc(C=CC(=O)c2cnn(C)c2)cc1. The summed E-state index contributed by atoms with van der Waals surface area (Å²) >= 11 is 0. The van der Waals surface area contributed by atoms with Gasteiger partial charge in [0.05, 0.1) is 11.8 Å². The van der Waals surface area contributed by atoms with Crippen LogP contribution in [0.3, 0.4) is 0 Å². The van der Waals surface area contributed by atoms with E-state index in [1.165, 1.54) is 0 Å². The number of aryl methyl sites for hydroxylation is 1. The van der Waals surface area contributed by atoms with E-state index in [1.807, 2.05) is 49.3 Å². The average molecular weight is 255 g/mol.